The summed E-state index contributed by atoms with van der Waals surface area (Å²) in [5.41, 5.74) is 0.863. The molecule has 6 nitrogen and oxygen atoms in total. The lowest BCUT2D eigenvalue weighted by atomic mass is 10.1. The third kappa shape index (κ3) is 7.04. The molecule has 1 N–H and O–H groups in total. The molecule has 0 bridgehead atoms. The van der Waals surface area contributed by atoms with Crippen molar-refractivity contribution < 1.29 is 23.8 Å². The van der Waals surface area contributed by atoms with Gasteiger partial charge in [-0.05, 0) is 30.0 Å². The lowest BCUT2D eigenvalue weighted by Gasteiger charge is -2.10. The van der Waals surface area contributed by atoms with E-state index < -0.39 is 0 Å². The average molecular weight is 323 g/mol. The quantitative estimate of drug-likeness (QED) is 0.706. The van der Waals surface area contributed by atoms with Crippen molar-refractivity contribution in [1.29, 1.82) is 0 Å². The molecule has 0 saturated heterocycles. The second-order valence-corrected chi connectivity index (χ2v) is 5.56. The van der Waals surface area contributed by atoms with Crippen molar-refractivity contribution in [3.63, 3.8) is 0 Å². The Morgan fingerprint density at radius 1 is 1.13 bits per heavy atom. The topological polar surface area (TPSA) is 73.9 Å². The van der Waals surface area contributed by atoms with Gasteiger partial charge in [0.15, 0.2) is 18.1 Å². The Kier molecular flexibility index (Phi) is 7.94. The SMILES string of the molecule is COc1ccc(CNC(=O)COC(=O)CCC(C)C)cc1OC. The van der Waals surface area contributed by atoms with Crippen LogP contribution in [0.15, 0.2) is 18.2 Å². The Morgan fingerprint density at radius 3 is 2.43 bits per heavy atom. The molecule has 0 aliphatic carbocycles. The fraction of sp³-hybridized carbons (Fsp3) is 0.529. The number of hydrogen-bond acceptors (Lipinski definition) is 5. The molecular weight excluding hydrogens is 298 g/mol. The summed E-state index contributed by atoms with van der Waals surface area (Å²) < 4.78 is 15.3. The predicted octanol–water partition coefficient (Wildman–Crippen LogP) is 2.30. The van der Waals surface area contributed by atoms with Crippen molar-refractivity contribution in [2.45, 2.75) is 33.2 Å². The van der Waals surface area contributed by atoms with Gasteiger partial charge < -0.3 is 19.5 Å². The minimum absolute atomic E-state index is 0.260. The zero-order valence-corrected chi connectivity index (χ0v) is 14.2. The van der Waals surface area contributed by atoms with Gasteiger partial charge in [0.2, 0.25) is 0 Å². The van der Waals surface area contributed by atoms with Crippen LogP contribution in [0.4, 0.5) is 0 Å². The first-order valence-electron chi connectivity index (χ1n) is 7.59. The van der Waals surface area contributed by atoms with Gasteiger partial charge in [-0.25, -0.2) is 0 Å². The highest BCUT2D eigenvalue weighted by Crippen LogP contribution is 2.27. The number of carbonyl (C=O) groups excluding carboxylic acids is 2. The number of nitrogens with one attached hydrogen (secondary N) is 1. The van der Waals surface area contributed by atoms with Crippen molar-refractivity contribution >= 4 is 11.9 Å². The number of hydrogen-bond donors (Lipinski definition) is 1. The molecule has 0 radical (unpaired) electrons. The molecule has 0 aliphatic rings. The molecule has 0 unspecified atom stereocenters. The van der Waals surface area contributed by atoms with Gasteiger partial charge in [-0.1, -0.05) is 19.9 Å². The molecule has 0 atom stereocenters. The Bertz CT molecular complexity index is 528. The Balaban J connectivity index is 2.37. The van der Waals surface area contributed by atoms with Crippen molar-refractivity contribution in [3.05, 3.63) is 23.8 Å². The molecule has 0 spiro atoms. The van der Waals surface area contributed by atoms with Crippen molar-refractivity contribution in [1.82, 2.24) is 5.32 Å². The lowest BCUT2D eigenvalue weighted by molar-refractivity contribution is -0.148. The summed E-state index contributed by atoms with van der Waals surface area (Å²) in [6, 6.07) is 5.39. The first-order chi connectivity index (χ1) is 11.0. The molecule has 0 saturated carbocycles. The van der Waals surface area contributed by atoms with Gasteiger partial charge in [-0.3, -0.25) is 9.59 Å². The number of ether oxygens (including phenoxy) is 3. The fourth-order valence-corrected chi connectivity index (χ4v) is 1.87. The van der Waals surface area contributed by atoms with Gasteiger partial charge in [0, 0.05) is 13.0 Å². The van der Waals surface area contributed by atoms with Gasteiger partial charge in [0.05, 0.1) is 14.2 Å². The molecular formula is C17H25NO5. The fourth-order valence-electron chi connectivity index (χ4n) is 1.87. The number of carbonyl (C=O) groups is 2. The largest absolute Gasteiger partial charge is 0.493 e. The maximum atomic E-state index is 11.7. The molecule has 1 aromatic rings. The summed E-state index contributed by atoms with van der Waals surface area (Å²) >= 11 is 0. The van der Waals surface area contributed by atoms with E-state index in [1.165, 1.54) is 0 Å². The maximum absolute atomic E-state index is 11.7. The second kappa shape index (κ2) is 9.71. The van der Waals surface area contributed by atoms with Crippen LogP contribution in [-0.4, -0.2) is 32.7 Å². The molecule has 1 rings (SSSR count). The third-order valence-corrected chi connectivity index (χ3v) is 3.23. The van der Waals surface area contributed by atoms with Crippen LogP contribution in [0.5, 0.6) is 11.5 Å². The second-order valence-electron chi connectivity index (χ2n) is 5.56. The van der Waals surface area contributed by atoms with Gasteiger partial charge in [0.25, 0.3) is 5.91 Å². The maximum Gasteiger partial charge on any atom is 0.306 e. The highest BCUT2D eigenvalue weighted by Gasteiger charge is 2.09. The Labute approximate surface area is 137 Å². The molecule has 6 heteroatoms. The monoisotopic (exact) mass is 323 g/mol. The van der Waals surface area contributed by atoms with Crippen LogP contribution >= 0.6 is 0 Å². The molecule has 0 aliphatic heterocycles. The van der Waals surface area contributed by atoms with Crippen LogP contribution in [0.1, 0.15) is 32.3 Å². The van der Waals surface area contributed by atoms with E-state index in [0.29, 0.717) is 30.4 Å². The summed E-state index contributed by atoms with van der Waals surface area (Å²) in [6.45, 7) is 4.12. The van der Waals surface area contributed by atoms with Gasteiger partial charge in [-0.15, -0.1) is 0 Å². The zero-order valence-electron chi connectivity index (χ0n) is 14.2. The van der Waals surface area contributed by atoms with E-state index in [0.717, 1.165) is 12.0 Å². The summed E-state index contributed by atoms with van der Waals surface area (Å²) in [6.07, 6.45) is 1.09. The van der Waals surface area contributed by atoms with E-state index in [1.807, 2.05) is 19.9 Å². The summed E-state index contributed by atoms with van der Waals surface area (Å²) in [4.78, 5) is 23.1. The van der Waals surface area contributed by atoms with E-state index in [4.69, 9.17) is 14.2 Å². The van der Waals surface area contributed by atoms with Crippen LogP contribution in [0.2, 0.25) is 0 Å². The number of methoxy groups -OCH3 is 2. The van der Waals surface area contributed by atoms with E-state index >= 15 is 0 Å². The highest BCUT2D eigenvalue weighted by molar-refractivity contribution is 5.80. The molecule has 1 amide bonds. The smallest absolute Gasteiger partial charge is 0.306 e. The van der Waals surface area contributed by atoms with E-state index in [2.05, 4.69) is 5.32 Å². The standard InChI is InChI=1S/C17H25NO5/c1-12(2)5-8-17(20)23-11-16(19)18-10-13-6-7-14(21-3)15(9-13)22-4/h6-7,9,12H,5,8,10-11H2,1-4H3,(H,18,19). The molecule has 0 aromatic heterocycles. The number of amides is 1. The van der Waals surface area contributed by atoms with Crippen LogP contribution in [-0.2, 0) is 20.9 Å². The van der Waals surface area contributed by atoms with E-state index in [9.17, 15) is 9.59 Å². The molecule has 0 fully saturated rings. The Hall–Kier alpha value is -2.24. The van der Waals surface area contributed by atoms with E-state index in [-0.39, 0.29) is 18.5 Å². The first kappa shape index (κ1) is 18.8. The van der Waals surface area contributed by atoms with Gasteiger partial charge >= 0.3 is 5.97 Å². The highest BCUT2D eigenvalue weighted by atomic mass is 16.5. The van der Waals surface area contributed by atoms with Gasteiger partial charge in [-0.2, -0.15) is 0 Å². The summed E-state index contributed by atoms with van der Waals surface area (Å²) in [7, 11) is 3.11. The van der Waals surface area contributed by atoms with Crippen molar-refractivity contribution in [2.75, 3.05) is 20.8 Å². The minimum atomic E-state index is -0.347. The van der Waals surface area contributed by atoms with Crippen molar-refractivity contribution in [2.24, 2.45) is 5.92 Å². The Morgan fingerprint density at radius 2 is 1.83 bits per heavy atom. The molecule has 1 aromatic carbocycles. The van der Waals surface area contributed by atoms with Crippen LogP contribution in [0.3, 0.4) is 0 Å². The van der Waals surface area contributed by atoms with Crippen LogP contribution in [0.25, 0.3) is 0 Å². The van der Waals surface area contributed by atoms with Crippen LogP contribution < -0.4 is 14.8 Å². The average Bonchev–Trinajstić information content (AvgIpc) is 2.55. The van der Waals surface area contributed by atoms with E-state index in [1.54, 1.807) is 26.4 Å². The summed E-state index contributed by atoms with van der Waals surface area (Å²) in [5.74, 6) is 0.972. The van der Waals surface area contributed by atoms with Crippen LogP contribution in [0, 0.1) is 5.92 Å². The minimum Gasteiger partial charge on any atom is -0.493 e. The molecule has 128 valence electrons. The molecule has 23 heavy (non-hydrogen) atoms. The molecule has 0 heterocycles. The van der Waals surface area contributed by atoms with Crippen molar-refractivity contribution in [3.8, 4) is 11.5 Å². The number of rotatable bonds is 9. The number of esters is 1. The van der Waals surface area contributed by atoms with Gasteiger partial charge in [0.1, 0.15) is 0 Å². The zero-order chi connectivity index (χ0) is 17.2. The predicted molar refractivity (Wildman–Crippen MR) is 86.4 cm³/mol. The first-order valence-corrected chi connectivity index (χ1v) is 7.59. The normalized spacial score (nSPS) is 10.3. The number of benzene rings is 1. The summed E-state index contributed by atoms with van der Waals surface area (Å²) in [5, 5.41) is 2.70. The third-order valence-electron chi connectivity index (χ3n) is 3.23. The lowest BCUT2D eigenvalue weighted by Crippen LogP contribution is -2.28.